The molecule has 0 fully saturated rings. The fraction of sp³-hybridized carbons (Fsp3) is 0.474. The van der Waals surface area contributed by atoms with Crippen molar-refractivity contribution in [2.75, 3.05) is 0 Å². The Morgan fingerprint density at radius 1 is 1.28 bits per heavy atom. The number of hydrogen-bond donors (Lipinski definition) is 1. The summed E-state index contributed by atoms with van der Waals surface area (Å²) in [5.74, 6) is 0.830. The molecule has 1 aromatic heterocycles. The van der Waals surface area contributed by atoms with E-state index in [-0.39, 0.29) is 18.1 Å². The highest BCUT2D eigenvalue weighted by molar-refractivity contribution is 7.09. The van der Waals surface area contributed by atoms with Crippen LogP contribution in [0.3, 0.4) is 0 Å². The third kappa shape index (κ3) is 6.05. The highest BCUT2D eigenvalue weighted by Crippen LogP contribution is 2.17. The van der Waals surface area contributed by atoms with Crippen molar-refractivity contribution in [3.63, 3.8) is 0 Å². The molecule has 0 bridgehead atoms. The van der Waals surface area contributed by atoms with Gasteiger partial charge >= 0.3 is 6.03 Å². The van der Waals surface area contributed by atoms with Crippen LogP contribution in [-0.4, -0.2) is 28.0 Å². The van der Waals surface area contributed by atoms with E-state index >= 15 is 0 Å². The Bertz CT molecular complexity index is 658. The zero-order valence-corrected chi connectivity index (χ0v) is 16.2. The standard InChI is InChI=1S/C19H27N3O2S/c1-5-15(4)22(19(23)20-14(2)3)11-16-13-25-18(21-16)12-24-17-9-7-6-8-10-17/h6-10,13-15H,5,11-12H2,1-4H3,(H,20,23). The number of hydrogen-bond acceptors (Lipinski definition) is 4. The largest absolute Gasteiger partial charge is 0.486 e. The van der Waals surface area contributed by atoms with Crippen LogP contribution >= 0.6 is 11.3 Å². The lowest BCUT2D eigenvalue weighted by molar-refractivity contribution is 0.170. The number of nitrogens with one attached hydrogen (secondary N) is 1. The quantitative estimate of drug-likeness (QED) is 0.756. The molecule has 1 aromatic carbocycles. The number of rotatable bonds is 8. The summed E-state index contributed by atoms with van der Waals surface area (Å²) in [7, 11) is 0. The number of urea groups is 1. The van der Waals surface area contributed by atoms with Crippen molar-refractivity contribution in [2.45, 2.75) is 59.4 Å². The van der Waals surface area contributed by atoms with Crippen LogP contribution in [0, 0.1) is 0 Å². The summed E-state index contributed by atoms with van der Waals surface area (Å²) in [6.07, 6.45) is 0.902. The number of ether oxygens (including phenoxy) is 1. The van der Waals surface area contributed by atoms with Gasteiger partial charge in [-0.25, -0.2) is 9.78 Å². The van der Waals surface area contributed by atoms with E-state index in [2.05, 4.69) is 24.1 Å². The first-order valence-corrected chi connectivity index (χ1v) is 9.55. The lowest BCUT2D eigenvalue weighted by atomic mass is 10.2. The van der Waals surface area contributed by atoms with E-state index in [0.717, 1.165) is 22.9 Å². The van der Waals surface area contributed by atoms with Crippen LogP contribution in [0.5, 0.6) is 5.75 Å². The molecule has 0 radical (unpaired) electrons. The lowest BCUT2D eigenvalue weighted by Crippen LogP contribution is -2.46. The molecule has 136 valence electrons. The molecule has 1 atom stereocenters. The van der Waals surface area contributed by atoms with E-state index < -0.39 is 0 Å². The first-order valence-electron chi connectivity index (χ1n) is 8.67. The molecular weight excluding hydrogens is 334 g/mol. The van der Waals surface area contributed by atoms with Gasteiger partial charge in [0.25, 0.3) is 0 Å². The molecule has 0 saturated heterocycles. The molecule has 2 aromatic rings. The maximum atomic E-state index is 12.4. The predicted molar refractivity (Wildman–Crippen MR) is 102 cm³/mol. The van der Waals surface area contributed by atoms with Crippen LogP contribution in [0.1, 0.15) is 44.8 Å². The fourth-order valence-corrected chi connectivity index (χ4v) is 3.00. The van der Waals surface area contributed by atoms with E-state index in [0.29, 0.717) is 13.2 Å². The van der Waals surface area contributed by atoms with Gasteiger partial charge in [-0.1, -0.05) is 25.1 Å². The summed E-state index contributed by atoms with van der Waals surface area (Å²) in [4.78, 5) is 18.9. The van der Waals surface area contributed by atoms with Crippen LogP contribution in [0.2, 0.25) is 0 Å². The number of thiazole rings is 1. The molecule has 2 rings (SSSR count). The SMILES string of the molecule is CCC(C)N(Cc1csc(COc2ccccc2)n1)C(=O)NC(C)C. The van der Waals surface area contributed by atoms with Crippen LogP contribution in [0.4, 0.5) is 4.79 Å². The highest BCUT2D eigenvalue weighted by Gasteiger charge is 2.21. The first kappa shape index (κ1) is 19.2. The topological polar surface area (TPSA) is 54.5 Å². The van der Waals surface area contributed by atoms with Crippen molar-refractivity contribution in [1.29, 1.82) is 0 Å². The van der Waals surface area contributed by atoms with Crippen molar-refractivity contribution in [2.24, 2.45) is 0 Å². The van der Waals surface area contributed by atoms with E-state index in [4.69, 9.17) is 4.74 Å². The van der Waals surface area contributed by atoms with E-state index in [1.165, 1.54) is 0 Å². The third-order valence-electron chi connectivity index (χ3n) is 3.83. The van der Waals surface area contributed by atoms with Crippen molar-refractivity contribution < 1.29 is 9.53 Å². The van der Waals surface area contributed by atoms with Crippen molar-refractivity contribution in [3.8, 4) is 5.75 Å². The summed E-state index contributed by atoms with van der Waals surface area (Å²) < 4.78 is 5.73. The number of carbonyl (C=O) groups is 1. The van der Waals surface area contributed by atoms with Gasteiger partial charge in [0.2, 0.25) is 0 Å². The minimum atomic E-state index is -0.0422. The molecule has 0 saturated carbocycles. The van der Waals surface area contributed by atoms with E-state index in [1.807, 2.05) is 54.5 Å². The second-order valence-corrected chi connectivity index (χ2v) is 7.27. The summed E-state index contributed by atoms with van der Waals surface area (Å²) in [6, 6.07) is 9.93. The van der Waals surface area contributed by atoms with Crippen LogP contribution in [0.25, 0.3) is 0 Å². The number of carbonyl (C=O) groups excluding carboxylic acids is 1. The second kappa shape index (κ2) is 9.42. The number of nitrogens with zero attached hydrogens (tertiary/aromatic N) is 2. The van der Waals surface area contributed by atoms with Crippen molar-refractivity contribution in [1.82, 2.24) is 15.2 Å². The molecule has 0 aliphatic heterocycles. The number of amides is 2. The lowest BCUT2D eigenvalue weighted by Gasteiger charge is -2.29. The molecule has 0 spiro atoms. The minimum Gasteiger partial charge on any atom is -0.486 e. The van der Waals surface area contributed by atoms with Gasteiger partial charge in [0, 0.05) is 17.5 Å². The predicted octanol–water partition coefficient (Wildman–Crippen LogP) is 4.44. The number of aromatic nitrogens is 1. The van der Waals surface area contributed by atoms with E-state index in [9.17, 15) is 4.79 Å². The Labute approximate surface area is 154 Å². The minimum absolute atomic E-state index is 0.0422. The van der Waals surface area contributed by atoms with Gasteiger partial charge in [0.05, 0.1) is 12.2 Å². The van der Waals surface area contributed by atoms with Gasteiger partial charge in [-0.05, 0) is 39.3 Å². The Kier molecular flexibility index (Phi) is 7.25. The summed E-state index contributed by atoms with van der Waals surface area (Å²) >= 11 is 1.56. The molecule has 6 heteroatoms. The molecule has 0 aliphatic rings. The van der Waals surface area contributed by atoms with Gasteiger partial charge in [-0.2, -0.15) is 0 Å². The molecular formula is C19H27N3O2S. The van der Waals surface area contributed by atoms with Gasteiger partial charge in [-0.15, -0.1) is 11.3 Å². The van der Waals surface area contributed by atoms with Crippen molar-refractivity contribution in [3.05, 3.63) is 46.4 Å². The summed E-state index contributed by atoms with van der Waals surface area (Å²) in [5, 5.41) is 5.88. The maximum Gasteiger partial charge on any atom is 0.318 e. The highest BCUT2D eigenvalue weighted by atomic mass is 32.1. The summed E-state index contributed by atoms with van der Waals surface area (Å²) in [5.41, 5.74) is 0.899. The molecule has 25 heavy (non-hydrogen) atoms. The fourth-order valence-electron chi connectivity index (χ4n) is 2.30. The van der Waals surface area contributed by atoms with Crippen LogP contribution < -0.4 is 10.1 Å². The van der Waals surface area contributed by atoms with Crippen LogP contribution in [0.15, 0.2) is 35.7 Å². The zero-order chi connectivity index (χ0) is 18.2. The van der Waals surface area contributed by atoms with Gasteiger partial charge in [-0.3, -0.25) is 0 Å². The average Bonchev–Trinajstić information content (AvgIpc) is 3.05. The number of benzene rings is 1. The Hall–Kier alpha value is -2.08. The first-order chi connectivity index (χ1) is 12.0. The molecule has 1 heterocycles. The van der Waals surface area contributed by atoms with E-state index in [1.54, 1.807) is 11.3 Å². The molecule has 5 nitrogen and oxygen atoms in total. The molecule has 1 N–H and O–H groups in total. The molecule has 0 aliphatic carbocycles. The Morgan fingerprint density at radius 2 is 2.00 bits per heavy atom. The average molecular weight is 362 g/mol. The Balaban J connectivity index is 1.97. The summed E-state index contributed by atoms with van der Waals surface area (Å²) in [6.45, 7) is 9.03. The molecule has 1 unspecified atom stereocenters. The van der Waals surface area contributed by atoms with Gasteiger partial charge in [0.15, 0.2) is 0 Å². The normalized spacial score (nSPS) is 12.0. The number of para-hydroxylation sites is 1. The van der Waals surface area contributed by atoms with Crippen molar-refractivity contribution >= 4 is 17.4 Å². The third-order valence-corrected chi connectivity index (χ3v) is 4.70. The smallest absolute Gasteiger partial charge is 0.318 e. The van der Waals surface area contributed by atoms with Gasteiger partial charge < -0.3 is 15.0 Å². The second-order valence-electron chi connectivity index (χ2n) is 6.32. The Morgan fingerprint density at radius 3 is 2.64 bits per heavy atom. The maximum absolute atomic E-state index is 12.4. The van der Waals surface area contributed by atoms with Gasteiger partial charge in [0.1, 0.15) is 17.4 Å². The zero-order valence-electron chi connectivity index (χ0n) is 15.4. The van der Waals surface area contributed by atoms with Crippen LogP contribution in [-0.2, 0) is 13.2 Å². The molecule has 2 amide bonds. The monoisotopic (exact) mass is 361 g/mol.